The number of aromatic nitrogens is 9. The number of rotatable bonds is 16. The van der Waals surface area contributed by atoms with Gasteiger partial charge in [-0.3, -0.25) is 0 Å². The predicted octanol–water partition coefficient (Wildman–Crippen LogP) is 35.4. The number of hydrogen-bond acceptors (Lipinski definition) is 12. The van der Waals surface area contributed by atoms with Crippen molar-refractivity contribution in [2.45, 2.75) is 0 Å². The molecular formula is C135H85N9O3. The smallest absolute Gasteiger partial charge is 0.164 e. The van der Waals surface area contributed by atoms with Crippen LogP contribution in [0.2, 0.25) is 0 Å². The van der Waals surface area contributed by atoms with Gasteiger partial charge in [-0.25, -0.2) is 44.9 Å². The fraction of sp³-hybridized carbons (Fsp3) is 0. The zero-order valence-corrected chi connectivity index (χ0v) is 79.3. The maximum Gasteiger partial charge on any atom is 0.164 e. The van der Waals surface area contributed by atoms with Gasteiger partial charge < -0.3 is 13.3 Å². The molecule has 0 radical (unpaired) electrons. The monoisotopic (exact) mass is 1880 g/mol. The lowest BCUT2D eigenvalue weighted by atomic mass is 9.92. The number of benzene rings is 22. The van der Waals surface area contributed by atoms with Crippen molar-refractivity contribution in [3.8, 4) is 180 Å². The quantitative estimate of drug-likeness (QED) is 0.0904. The van der Waals surface area contributed by atoms with Gasteiger partial charge >= 0.3 is 0 Å². The topological polar surface area (TPSA) is 155 Å². The summed E-state index contributed by atoms with van der Waals surface area (Å²) in [4.78, 5) is 44.6. The third kappa shape index (κ3) is 16.9. The van der Waals surface area contributed by atoms with E-state index < -0.39 is 0 Å². The third-order valence-electron chi connectivity index (χ3n) is 27.4. The molecule has 22 aromatic carbocycles. The maximum absolute atomic E-state index is 6.60. The molecule has 28 rings (SSSR count). The summed E-state index contributed by atoms with van der Waals surface area (Å²) in [6, 6.07) is 178. The fourth-order valence-electron chi connectivity index (χ4n) is 20.4. The van der Waals surface area contributed by atoms with Crippen LogP contribution in [0.15, 0.2) is 529 Å². The van der Waals surface area contributed by atoms with Crippen molar-refractivity contribution in [2.75, 3.05) is 0 Å². The van der Waals surface area contributed by atoms with Gasteiger partial charge in [0.25, 0.3) is 0 Å². The largest absolute Gasteiger partial charge is 0.455 e. The number of nitrogens with zero attached hydrogens (tertiary/aromatic N) is 9. The van der Waals surface area contributed by atoms with E-state index >= 15 is 0 Å². The lowest BCUT2D eigenvalue weighted by Gasteiger charge is -2.12. The summed E-state index contributed by atoms with van der Waals surface area (Å²) >= 11 is 0. The first-order chi connectivity index (χ1) is 72.9. The van der Waals surface area contributed by atoms with Crippen LogP contribution in [-0.4, -0.2) is 44.9 Å². The molecule has 0 unspecified atom stereocenters. The van der Waals surface area contributed by atoms with Crippen molar-refractivity contribution in [2.24, 2.45) is 0 Å². The van der Waals surface area contributed by atoms with Crippen LogP contribution >= 0.6 is 0 Å². The van der Waals surface area contributed by atoms with Crippen LogP contribution in [0, 0.1) is 0 Å². The summed E-state index contributed by atoms with van der Waals surface area (Å²) in [5.41, 5.74) is 29.7. The normalized spacial score (nSPS) is 11.4. The molecule has 0 N–H and O–H groups in total. The summed E-state index contributed by atoms with van der Waals surface area (Å²) in [7, 11) is 0. The van der Waals surface area contributed by atoms with Crippen molar-refractivity contribution < 1.29 is 13.3 Å². The molecule has 0 spiro atoms. The molecule has 0 saturated carbocycles. The summed E-state index contributed by atoms with van der Waals surface area (Å²) in [5.74, 6) is 5.75. The van der Waals surface area contributed by atoms with Crippen molar-refractivity contribution >= 4 is 98.1 Å². The molecular weight excluding hydrogens is 1800 g/mol. The molecule has 0 aliphatic rings. The molecule has 0 saturated heterocycles. The Morgan fingerprint density at radius 1 is 0.109 bits per heavy atom. The van der Waals surface area contributed by atoms with E-state index in [9.17, 15) is 0 Å². The number of hydrogen-bond donors (Lipinski definition) is 0. The van der Waals surface area contributed by atoms with Crippen LogP contribution in [-0.2, 0) is 0 Å². The molecule has 0 bridgehead atoms. The highest BCUT2D eigenvalue weighted by atomic mass is 16.3. The second-order valence-corrected chi connectivity index (χ2v) is 36.4. The summed E-state index contributed by atoms with van der Waals surface area (Å²) in [5, 5.41) is 13.4. The van der Waals surface area contributed by atoms with E-state index in [-0.39, 0.29) is 0 Å². The lowest BCUT2D eigenvalue weighted by Crippen LogP contribution is -2.00. The van der Waals surface area contributed by atoms with Gasteiger partial charge in [0.1, 0.15) is 33.5 Å². The minimum absolute atomic E-state index is 0.624. The zero-order valence-electron chi connectivity index (χ0n) is 79.3. The van der Waals surface area contributed by atoms with Crippen molar-refractivity contribution in [1.82, 2.24) is 44.9 Å². The fourth-order valence-corrected chi connectivity index (χ4v) is 20.4. The molecule has 12 nitrogen and oxygen atoms in total. The predicted molar refractivity (Wildman–Crippen MR) is 601 cm³/mol. The van der Waals surface area contributed by atoms with Crippen molar-refractivity contribution in [3.63, 3.8) is 0 Å². The molecule has 12 heteroatoms. The summed E-state index contributed by atoms with van der Waals surface area (Å²) in [6.07, 6.45) is 0. The van der Waals surface area contributed by atoms with E-state index in [0.717, 1.165) is 215 Å². The van der Waals surface area contributed by atoms with Gasteiger partial charge in [-0.1, -0.05) is 467 Å². The second-order valence-electron chi connectivity index (χ2n) is 36.4. The SMILES string of the molecule is c1ccc(-c2cccc(-c3nc(-c4ccccc4)nc(-c4ccc(-c5cc6c(oc7cccc(-c8ccccc8)c76)c6ccccc56)cc4)n3)c2)cc1.c1ccc(-c2nc(-c3ccccc3)nc(-c3ccc(-c4cc5c(oc6cccc(-c7ccccc7)c65)c5ccccc45)cc3)n2)cc1.c1ccc(-c2nc(-c3ccccc3)nc(-c3cccc(-c4cc5c(oc6cccc(-c7ccccc7)c65)c5ccccc45)c3)n2)cc1. The Kier molecular flexibility index (Phi) is 22.7. The van der Waals surface area contributed by atoms with Gasteiger partial charge in [0.2, 0.25) is 0 Å². The molecule has 0 aliphatic heterocycles. The van der Waals surface area contributed by atoms with E-state index in [1.165, 1.54) is 11.1 Å². The van der Waals surface area contributed by atoms with Gasteiger partial charge in [0, 0.05) is 98.5 Å². The van der Waals surface area contributed by atoms with Crippen LogP contribution in [0.4, 0.5) is 0 Å². The van der Waals surface area contributed by atoms with Crippen LogP contribution in [0.1, 0.15) is 0 Å². The van der Waals surface area contributed by atoms with Gasteiger partial charge in [-0.2, -0.15) is 0 Å². The molecule has 6 heterocycles. The standard InChI is InChI=1S/C49H31N3O.2C43H27N3O/c1-4-14-32(15-5-1)37-20-12-21-38(30-37)49-51-47(35-18-8-3-9-19-35)50-48(52-49)36-28-26-34(27-29-36)42-31-43-45-39(33-16-6-2-7-17-33)24-13-25-44(45)53-46(43)41-23-11-10-22-40(41)42;1-4-14-28(15-5-1)33-24-13-25-38-39(33)37-27-36(34-22-10-11-23-35(34)40(37)47-38)31-20-12-21-32(26-31)43-45-41(29-16-6-2-7-17-29)44-42(46-43)30-18-8-3-9-19-30;1-4-13-28(14-5-1)33-21-12-22-38-39(33)37-27-36(34-19-10-11-20-35(34)40(37)47-38)29-23-25-32(26-24-29)43-45-41(30-15-6-2-7-16-30)44-42(46-43)31-17-8-3-9-18-31/h1-31H;2*1-27H. The van der Waals surface area contributed by atoms with Crippen molar-refractivity contribution in [3.05, 3.63) is 516 Å². The van der Waals surface area contributed by atoms with Crippen LogP contribution < -0.4 is 0 Å². The Balaban J connectivity index is 0.000000112. The van der Waals surface area contributed by atoms with Gasteiger partial charge in [0.15, 0.2) is 52.4 Å². The van der Waals surface area contributed by atoms with Crippen LogP contribution in [0.3, 0.4) is 0 Å². The van der Waals surface area contributed by atoms with E-state index in [1.54, 1.807) is 0 Å². The molecule has 147 heavy (non-hydrogen) atoms. The number of fused-ring (bicyclic) bond motifs is 15. The highest BCUT2D eigenvalue weighted by molar-refractivity contribution is 6.25. The molecule has 0 atom stereocenters. The van der Waals surface area contributed by atoms with E-state index in [2.05, 4.69) is 346 Å². The van der Waals surface area contributed by atoms with E-state index in [1.807, 2.05) is 170 Å². The lowest BCUT2D eigenvalue weighted by molar-refractivity contribution is 0.672. The third-order valence-corrected chi connectivity index (χ3v) is 27.4. The van der Waals surface area contributed by atoms with Gasteiger partial charge in [-0.15, -0.1) is 0 Å². The summed E-state index contributed by atoms with van der Waals surface area (Å²) < 4.78 is 19.8. The van der Waals surface area contributed by atoms with Gasteiger partial charge in [-0.05, 0) is 143 Å². The zero-order chi connectivity index (χ0) is 97.5. The minimum atomic E-state index is 0.624. The van der Waals surface area contributed by atoms with Crippen LogP contribution in [0.25, 0.3) is 279 Å². The van der Waals surface area contributed by atoms with Gasteiger partial charge in [0.05, 0.1) is 0 Å². The summed E-state index contributed by atoms with van der Waals surface area (Å²) in [6.45, 7) is 0. The Hall–Kier alpha value is -20.0. The Labute approximate surface area is 846 Å². The highest BCUT2D eigenvalue weighted by Gasteiger charge is 2.26. The highest BCUT2D eigenvalue weighted by Crippen LogP contribution is 2.49. The van der Waals surface area contributed by atoms with Crippen molar-refractivity contribution in [1.29, 1.82) is 0 Å². The average molecular weight is 1880 g/mol. The Bertz CT molecular complexity index is 9690. The molecule has 6 aromatic heterocycles. The van der Waals surface area contributed by atoms with E-state index in [4.69, 9.17) is 58.1 Å². The first-order valence-electron chi connectivity index (χ1n) is 49.2. The van der Waals surface area contributed by atoms with E-state index in [0.29, 0.717) is 52.4 Å². The molecule has 28 aromatic rings. The second kappa shape index (κ2) is 38.2. The molecule has 0 aliphatic carbocycles. The molecule has 688 valence electrons. The minimum Gasteiger partial charge on any atom is -0.455 e. The van der Waals surface area contributed by atoms with Crippen LogP contribution in [0.5, 0.6) is 0 Å². The Morgan fingerprint density at radius 2 is 0.293 bits per heavy atom. The average Bonchev–Trinajstić information content (AvgIpc) is 1.59. The molecule has 0 fully saturated rings. The first-order valence-corrected chi connectivity index (χ1v) is 49.2. The Morgan fingerprint density at radius 3 is 0.571 bits per heavy atom. The molecule has 0 amide bonds. The number of furan rings is 3. The first kappa shape index (κ1) is 87.3. The maximum atomic E-state index is 6.60.